The van der Waals surface area contributed by atoms with Crippen molar-refractivity contribution in [3.63, 3.8) is 0 Å². The molecule has 0 saturated carbocycles. The number of para-hydroxylation sites is 2. The van der Waals surface area contributed by atoms with Gasteiger partial charge in [0.25, 0.3) is 11.1 Å². The Bertz CT molecular complexity index is 1350. The van der Waals surface area contributed by atoms with Crippen LogP contribution in [0, 0.1) is 0 Å². The number of hydrazone groups is 1. The maximum absolute atomic E-state index is 12.5. The zero-order valence-corrected chi connectivity index (χ0v) is 20.4. The first-order valence-corrected chi connectivity index (χ1v) is 12.0. The van der Waals surface area contributed by atoms with Gasteiger partial charge in [-0.3, -0.25) is 4.79 Å². The summed E-state index contributed by atoms with van der Waals surface area (Å²) in [5, 5.41) is 4.40. The van der Waals surface area contributed by atoms with E-state index in [0.717, 1.165) is 5.52 Å². The molecule has 9 nitrogen and oxygen atoms in total. The molecule has 0 radical (unpaired) electrons. The van der Waals surface area contributed by atoms with Gasteiger partial charge in [-0.05, 0) is 67.1 Å². The molecule has 0 saturated heterocycles. The Balaban J connectivity index is 1.34. The molecule has 0 fully saturated rings. The number of aromatic nitrogens is 1. The van der Waals surface area contributed by atoms with Gasteiger partial charge in [0.15, 0.2) is 17.1 Å². The number of thioether (sulfide) groups is 1. The fourth-order valence-electron chi connectivity index (χ4n) is 3.09. The van der Waals surface area contributed by atoms with Crippen molar-refractivity contribution in [2.75, 3.05) is 19.5 Å². The molecule has 0 atom stereocenters. The average Bonchev–Trinajstić information content (AvgIpc) is 3.32. The van der Waals surface area contributed by atoms with Crippen LogP contribution in [0.5, 0.6) is 17.2 Å². The molecule has 0 aliphatic carbocycles. The summed E-state index contributed by atoms with van der Waals surface area (Å²) in [6, 6.07) is 19.0. The Hall–Kier alpha value is -4.31. The highest BCUT2D eigenvalue weighted by atomic mass is 32.2. The van der Waals surface area contributed by atoms with Crippen molar-refractivity contribution in [1.29, 1.82) is 0 Å². The van der Waals surface area contributed by atoms with E-state index < -0.39 is 5.97 Å². The first-order valence-electron chi connectivity index (χ1n) is 11.0. The van der Waals surface area contributed by atoms with Crippen molar-refractivity contribution >= 4 is 41.0 Å². The van der Waals surface area contributed by atoms with Crippen molar-refractivity contribution < 1.29 is 28.2 Å². The molecule has 1 amide bonds. The highest BCUT2D eigenvalue weighted by Crippen LogP contribution is 2.29. The van der Waals surface area contributed by atoms with Gasteiger partial charge in [-0.15, -0.1) is 0 Å². The fourth-order valence-corrected chi connectivity index (χ4v) is 3.73. The molecule has 4 aromatic rings. The Morgan fingerprint density at radius 3 is 2.64 bits per heavy atom. The topological polar surface area (TPSA) is 112 Å². The van der Waals surface area contributed by atoms with Gasteiger partial charge in [0.1, 0.15) is 11.3 Å². The largest absolute Gasteiger partial charge is 0.497 e. The molecular formula is C26H23N3O6S. The van der Waals surface area contributed by atoms with Crippen LogP contribution in [0.25, 0.3) is 11.1 Å². The Morgan fingerprint density at radius 2 is 1.89 bits per heavy atom. The minimum Gasteiger partial charge on any atom is -0.497 e. The molecule has 0 aliphatic heterocycles. The predicted molar refractivity (Wildman–Crippen MR) is 136 cm³/mol. The van der Waals surface area contributed by atoms with Crippen LogP contribution in [0.4, 0.5) is 0 Å². The second kappa shape index (κ2) is 11.9. The second-order valence-corrected chi connectivity index (χ2v) is 8.21. The zero-order valence-electron chi connectivity index (χ0n) is 19.6. The van der Waals surface area contributed by atoms with Crippen LogP contribution < -0.4 is 19.6 Å². The lowest BCUT2D eigenvalue weighted by Gasteiger charge is -2.11. The van der Waals surface area contributed by atoms with Crippen LogP contribution in [-0.4, -0.2) is 42.5 Å². The van der Waals surface area contributed by atoms with E-state index in [0.29, 0.717) is 40.0 Å². The van der Waals surface area contributed by atoms with Gasteiger partial charge in [-0.1, -0.05) is 23.9 Å². The number of benzene rings is 3. The SMILES string of the molecule is CCOc1cc(/C=N\NC(=O)CSc2nc3ccccc3o2)ccc1OC(=O)c1ccc(OC)cc1. The third kappa shape index (κ3) is 6.42. The van der Waals surface area contributed by atoms with E-state index in [1.165, 1.54) is 18.0 Å². The molecule has 3 aromatic carbocycles. The molecule has 0 bridgehead atoms. The van der Waals surface area contributed by atoms with Crippen LogP contribution in [0.1, 0.15) is 22.8 Å². The van der Waals surface area contributed by atoms with Gasteiger partial charge >= 0.3 is 5.97 Å². The lowest BCUT2D eigenvalue weighted by Crippen LogP contribution is -2.19. The van der Waals surface area contributed by atoms with E-state index >= 15 is 0 Å². The molecule has 4 rings (SSSR count). The van der Waals surface area contributed by atoms with E-state index in [1.807, 2.05) is 31.2 Å². The number of rotatable bonds is 10. The minimum atomic E-state index is -0.524. The number of hydrogen-bond acceptors (Lipinski definition) is 9. The summed E-state index contributed by atoms with van der Waals surface area (Å²) in [5.74, 6) is 0.545. The number of methoxy groups -OCH3 is 1. The molecule has 0 spiro atoms. The van der Waals surface area contributed by atoms with E-state index in [9.17, 15) is 9.59 Å². The quantitative estimate of drug-likeness (QED) is 0.109. The second-order valence-electron chi connectivity index (χ2n) is 7.29. The molecule has 0 aliphatic rings. The average molecular weight is 506 g/mol. The highest BCUT2D eigenvalue weighted by molar-refractivity contribution is 7.99. The molecular weight excluding hydrogens is 482 g/mol. The first-order chi connectivity index (χ1) is 17.6. The smallest absolute Gasteiger partial charge is 0.343 e. The van der Waals surface area contributed by atoms with Crippen LogP contribution in [0.15, 0.2) is 81.5 Å². The minimum absolute atomic E-state index is 0.0919. The number of hydrogen-bond donors (Lipinski definition) is 1. The summed E-state index contributed by atoms with van der Waals surface area (Å²) in [6.07, 6.45) is 1.47. The highest BCUT2D eigenvalue weighted by Gasteiger charge is 2.14. The molecule has 36 heavy (non-hydrogen) atoms. The molecule has 1 N–H and O–H groups in total. The van der Waals surface area contributed by atoms with Crippen molar-refractivity contribution in [3.05, 3.63) is 77.9 Å². The van der Waals surface area contributed by atoms with E-state index in [1.54, 1.807) is 49.6 Å². The number of carbonyl (C=O) groups excluding carboxylic acids is 2. The van der Waals surface area contributed by atoms with Gasteiger partial charge < -0.3 is 18.6 Å². The molecule has 1 heterocycles. The van der Waals surface area contributed by atoms with Gasteiger partial charge in [0.2, 0.25) is 0 Å². The summed E-state index contributed by atoms with van der Waals surface area (Å²) in [6.45, 7) is 2.20. The maximum Gasteiger partial charge on any atom is 0.343 e. The summed E-state index contributed by atoms with van der Waals surface area (Å²) in [7, 11) is 1.55. The van der Waals surface area contributed by atoms with Gasteiger partial charge in [0.05, 0.1) is 31.2 Å². The van der Waals surface area contributed by atoms with E-state index in [2.05, 4.69) is 15.5 Å². The standard InChI is InChI=1S/C26H23N3O6S/c1-3-33-23-14-17(8-13-22(23)34-25(31)18-9-11-19(32-2)12-10-18)15-27-29-24(30)16-36-26-28-20-6-4-5-7-21(20)35-26/h4-15H,3,16H2,1-2H3,(H,29,30)/b27-15-. The number of oxazole rings is 1. The summed E-state index contributed by atoms with van der Waals surface area (Å²) in [4.78, 5) is 29.0. The number of fused-ring (bicyclic) bond motifs is 1. The summed E-state index contributed by atoms with van der Waals surface area (Å²) in [5.41, 5.74) is 4.90. The van der Waals surface area contributed by atoms with Crippen molar-refractivity contribution in [2.45, 2.75) is 12.1 Å². The lowest BCUT2D eigenvalue weighted by molar-refractivity contribution is -0.118. The van der Waals surface area contributed by atoms with Gasteiger partial charge in [-0.2, -0.15) is 5.10 Å². The number of esters is 1. The number of nitrogens with one attached hydrogen (secondary N) is 1. The zero-order chi connectivity index (χ0) is 25.3. The van der Waals surface area contributed by atoms with E-state index in [-0.39, 0.29) is 17.4 Å². The molecule has 1 aromatic heterocycles. The van der Waals surface area contributed by atoms with Crippen LogP contribution >= 0.6 is 11.8 Å². The maximum atomic E-state index is 12.5. The normalized spacial score (nSPS) is 10.9. The first kappa shape index (κ1) is 24.8. The van der Waals surface area contributed by atoms with Gasteiger partial charge in [0, 0.05) is 0 Å². The molecule has 10 heteroatoms. The number of ether oxygens (including phenoxy) is 3. The van der Waals surface area contributed by atoms with Crippen molar-refractivity contribution in [2.24, 2.45) is 5.10 Å². The van der Waals surface area contributed by atoms with E-state index in [4.69, 9.17) is 18.6 Å². The Morgan fingerprint density at radius 1 is 1.08 bits per heavy atom. The number of amides is 1. The summed E-state index contributed by atoms with van der Waals surface area (Å²) >= 11 is 1.18. The molecule has 184 valence electrons. The summed E-state index contributed by atoms with van der Waals surface area (Å²) < 4.78 is 21.8. The Labute approximate surface area is 211 Å². The number of carbonyl (C=O) groups is 2. The molecule has 0 unspecified atom stereocenters. The van der Waals surface area contributed by atoms with Crippen molar-refractivity contribution in [1.82, 2.24) is 10.4 Å². The Kier molecular flexibility index (Phi) is 8.20. The third-order valence-corrected chi connectivity index (χ3v) is 5.63. The van der Waals surface area contributed by atoms with Gasteiger partial charge in [-0.25, -0.2) is 15.2 Å². The van der Waals surface area contributed by atoms with Crippen LogP contribution in [0.3, 0.4) is 0 Å². The number of nitrogens with zero attached hydrogens (tertiary/aromatic N) is 2. The van der Waals surface area contributed by atoms with Crippen LogP contribution in [0.2, 0.25) is 0 Å². The fraction of sp³-hybridized carbons (Fsp3) is 0.154. The van der Waals surface area contributed by atoms with Crippen LogP contribution in [-0.2, 0) is 4.79 Å². The lowest BCUT2D eigenvalue weighted by atomic mass is 10.2. The van der Waals surface area contributed by atoms with Crippen molar-refractivity contribution in [3.8, 4) is 17.2 Å². The monoisotopic (exact) mass is 505 g/mol. The predicted octanol–water partition coefficient (Wildman–Crippen LogP) is 4.70. The third-order valence-electron chi connectivity index (χ3n) is 4.80.